The molecule has 5 heteroatoms. The molecule has 1 saturated carbocycles. The first kappa shape index (κ1) is 17.6. The average Bonchev–Trinajstić information content (AvgIpc) is 2.54. The lowest BCUT2D eigenvalue weighted by Gasteiger charge is -2.22. The van der Waals surface area contributed by atoms with Gasteiger partial charge >= 0.3 is 6.03 Å². The lowest BCUT2D eigenvalue weighted by atomic mass is 9.96. The maximum Gasteiger partial charge on any atom is 0.319 e. The van der Waals surface area contributed by atoms with E-state index in [1.807, 2.05) is 24.3 Å². The third-order valence-corrected chi connectivity index (χ3v) is 4.19. The minimum Gasteiger partial charge on any atom is -0.385 e. The second kappa shape index (κ2) is 9.40. The van der Waals surface area contributed by atoms with Crippen molar-refractivity contribution in [2.24, 2.45) is 0 Å². The molecule has 0 bridgehead atoms. The minimum atomic E-state index is -0.0939. The number of carbonyl (C=O) groups excluding carboxylic acids is 1. The topological polar surface area (TPSA) is 56.4 Å². The summed E-state index contributed by atoms with van der Waals surface area (Å²) in [6.45, 7) is 2.03. The van der Waals surface area contributed by atoms with Crippen molar-refractivity contribution in [2.75, 3.05) is 37.8 Å². The van der Waals surface area contributed by atoms with Crippen LogP contribution in [0.2, 0.25) is 0 Å². The van der Waals surface area contributed by atoms with E-state index < -0.39 is 0 Å². The van der Waals surface area contributed by atoms with Gasteiger partial charge in [0.15, 0.2) is 0 Å². The van der Waals surface area contributed by atoms with Crippen molar-refractivity contribution >= 4 is 17.4 Å². The quantitative estimate of drug-likeness (QED) is 0.674. The van der Waals surface area contributed by atoms with Gasteiger partial charge in [-0.3, -0.25) is 0 Å². The summed E-state index contributed by atoms with van der Waals surface area (Å²) < 4.78 is 0. The maximum atomic E-state index is 12.0. The van der Waals surface area contributed by atoms with Gasteiger partial charge in [-0.25, -0.2) is 4.79 Å². The van der Waals surface area contributed by atoms with Crippen LogP contribution in [-0.2, 0) is 0 Å². The normalized spacial score (nSPS) is 15.4. The molecule has 0 aromatic heterocycles. The van der Waals surface area contributed by atoms with Gasteiger partial charge in [0.05, 0.1) is 0 Å². The first-order valence-electron chi connectivity index (χ1n) is 8.69. The van der Waals surface area contributed by atoms with E-state index in [-0.39, 0.29) is 6.03 Å². The van der Waals surface area contributed by atoms with E-state index in [4.69, 9.17) is 0 Å². The van der Waals surface area contributed by atoms with Crippen LogP contribution in [0, 0.1) is 0 Å². The Kier molecular flexibility index (Phi) is 7.20. The van der Waals surface area contributed by atoms with Crippen LogP contribution in [0.15, 0.2) is 24.3 Å². The number of amides is 2. The zero-order chi connectivity index (χ0) is 16.5. The summed E-state index contributed by atoms with van der Waals surface area (Å²) in [6, 6.07) is 8.13. The fraction of sp³-hybridized carbons (Fsp3) is 0.611. The molecule has 3 N–H and O–H groups in total. The van der Waals surface area contributed by atoms with Crippen molar-refractivity contribution in [1.82, 2.24) is 10.2 Å². The second-order valence-electron chi connectivity index (χ2n) is 6.59. The van der Waals surface area contributed by atoms with Crippen molar-refractivity contribution in [3.8, 4) is 0 Å². The molecular weight excluding hydrogens is 288 g/mol. The van der Waals surface area contributed by atoms with E-state index in [0.29, 0.717) is 6.04 Å². The van der Waals surface area contributed by atoms with E-state index in [2.05, 4.69) is 34.9 Å². The Morgan fingerprint density at radius 1 is 1.09 bits per heavy atom. The molecule has 0 spiro atoms. The zero-order valence-electron chi connectivity index (χ0n) is 14.4. The molecule has 2 rings (SSSR count). The lowest BCUT2D eigenvalue weighted by Crippen LogP contribution is -2.38. The number of nitrogens with one attached hydrogen (secondary N) is 3. The molecule has 1 aliphatic carbocycles. The summed E-state index contributed by atoms with van der Waals surface area (Å²) in [7, 11) is 4.16. The Morgan fingerprint density at radius 3 is 2.39 bits per heavy atom. The highest BCUT2D eigenvalue weighted by Gasteiger charge is 2.15. The largest absolute Gasteiger partial charge is 0.385 e. The molecule has 128 valence electrons. The molecule has 2 amide bonds. The van der Waals surface area contributed by atoms with Crippen molar-refractivity contribution in [3.05, 3.63) is 24.3 Å². The summed E-state index contributed by atoms with van der Waals surface area (Å²) in [6.07, 6.45) is 7.05. The highest BCUT2D eigenvalue weighted by atomic mass is 16.2. The van der Waals surface area contributed by atoms with E-state index in [1.54, 1.807) is 0 Å². The molecule has 1 fully saturated rings. The van der Waals surface area contributed by atoms with Crippen molar-refractivity contribution in [1.29, 1.82) is 0 Å². The monoisotopic (exact) mass is 318 g/mol. The summed E-state index contributed by atoms with van der Waals surface area (Å²) in [5, 5.41) is 9.37. The van der Waals surface area contributed by atoms with Crippen molar-refractivity contribution in [2.45, 2.75) is 44.6 Å². The lowest BCUT2D eigenvalue weighted by molar-refractivity contribution is 0.244. The van der Waals surface area contributed by atoms with Crippen LogP contribution in [0.5, 0.6) is 0 Å². The van der Waals surface area contributed by atoms with Gasteiger partial charge in [-0.2, -0.15) is 0 Å². The van der Waals surface area contributed by atoms with Crippen LogP contribution in [0.1, 0.15) is 38.5 Å². The number of urea groups is 1. The SMILES string of the molecule is CN(C)CCCNc1ccc(NC(=O)NC2CCCCC2)cc1. The van der Waals surface area contributed by atoms with Crippen LogP contribution in [0.4, 0.5) is 16.2 Å². The van der Waals surface area contributed by atoms with Crippen LogP contribution in [0.25, 0.3) is 0 Å². The van der Waals surface area contributed by atoms with Crippen molar-refractivity contribution < 1.29 is 4.79 Å². The van der Waals surface area contributed by atoms with Crippen LogP contribution in [-0.4, -0.2) is 44.2 Å². The van der Waals surface area contributed by atoms with E-state index in [0.717, 1.165) is 43.7 Å². The Labute approximate surface area is 139 Å². The van der Waals surface area contributed by atoms with Gasteiger partial charge in [-0.05, 0) is 64.2 Å². The van der Waals surface area contributed by atoms with Crippen molar-refractivity contribution in [3.63, 3.8) is 0 Å². The highest BCUT2D eigenvalue weighted by Crippen LogP contribution is 2.18. The number of nitrogens with zero attached hydrogens (tertiary/aromatic N) is 1. The predicted octanol–water partition coefficient (Wildman–Crippen LogP) is 3.50. The first-order chi connectivity index (χ1) is 11.1. The minimum absolute atomic E-state index is 0.0939. The average molecular weight is 318 g/mol. The van der Waals surface area contributed by atoms with Crippen LogP contribution < -0.4 is 16.0 Å². The van der Waals surface area contributed by atoms with Gasteiger partial charge < -0.3 is 20.9 Å². The van der Waals surface area contributed by atoms with E-state index in [9.17, 15) is 4.79 Å². The number of anilines is 2. The van der Waals surface area contributed by atoms with Crippen LogP contribution in [0.3, 0.4) is 0 Å². The Morgan fingerprint density at radius 2 is 1.74 bits per heavy atom. The number of hydrogen-bond acceptors (Lipinski definition) is 3. The molecule has 23 heavy (non-hydrogen) atoms. The number of hydrogen-bond donors (Lipinski definition) is 3. The van der Waals surface area contributed by atoms with Gasteiger partial charge in [0.25, 0.3) is 0 Å². The summed E-state index contributed by atoms with van der Waals surface area (Å²) in [5.74, 6) is 0. The molecule has 0 aliphatic heterocycles. The fourth-order valence-electron chi connectivity index (χ4n) is 2.90. The summed E-state index contributed by atoms with van der Waals surface area (Å²) in [4.78, 5) is 14.2. The van der Waals surface area contributed by atoms with Crippen LogP contribution >= 0.6 is 0 Å². The van der Waals surface area contributed by atoms with Gasteiger partial charge in [-0.15, -0.1) is 0 Å². The Hall–Kier alpha value is -1.75. The molecule has 1 aromatic carbocycles. The van der Waals surface area contributed by atoms with E-state index >= 15 is 0 Å². The summed E-state index contributed by atoms with van der Waals surface area (Å²) >= 11 is 0. The standard InChI is InChI=1S/C18H30N4O/c1-22(2)14-6-13-19-15-9-11-17(12-10-15)21-18(23)20-16-7-4-3-5-8-16/h9-12,16,19H,3-8,13-14H2,1-2H3,(H2,20,21,23). The second-order valence-corrected chi connectivity index (χ2v) is 6.59. The van der Waals surface area contributed by atoms with Gasteiger partial charge in [0, 0.05) is 24.0 Å². The van der Waals surface area contributed by atoms with Gasteiger partial charge in [0.2, 0.25) is 0 Å². The fourth-order valence-corrected chi connectivity index (χ4v) is 2.90. The molecule has 0 atom stereocenters. The zero-order valence-corrected chi connectivity index (χ0v) is 14.4. The van der Waals surface area contributed by atoms with Gasteiger partial charge in [0.1, 0.15) is 0 Å². The number of rotatable bonds is 7. The predicted molar refractivity (Wildman–Crippen MR) is 97.1 cm³/mol. The molecule has 1 aliphatic rings. The number of benzene rings is 1. The number of carbonyl (C=O) groups is 1. The maximum absolute atomic E-state index is 12.0. The van der Waals surface area contributed by atoms with E-state index in [1.165, 1.54) is 19.3 Å². The Bertz CT molecular complexity index is 466. The molecule has 0 saturated heterocycles. The smallest absolute Gasteiger partial charge is 0.319 e. The molecular formula is C18H30N4O. The molecule has 5 nitrogen and oxygen atoms in total. The molecule has 0 unspecified atom stereocenters. The highest BCUT2D eigenvalue weighted by molar-refractivity contribution is 5.89. The third kappa shape index (κ3) is 6.91. The Balaban J connectivity index is 1.70. The molecule has 0 radical (unpaired) electrons. The first-order valence-corrected chi connectivity index (χ1v) is 8.69. The third-order valence-electron chi connectivity index (χ3n) is 4.19. The molecule has 0 heterocycles. The molecule has 1 aromatic rings. The van der Waals surface area contributed by atoms with Gasteiger partial charge in [-0.1, -0.05) is 19.3 Å². The summed E-state index contributed by atoms with van der Waals surface area (Å²) in [5.41, 5.74) is 1.92.